The van der Waals surface area contributed by atoms with Crippen molar-refractivity contribution in [1.82, 2.24) is 19.6 Å². The number of hydrogen-bond acceptors (Lipinski definition) is 6. The summed E-state index contributed by atoms with van der Waals surface area (Å²) >= 11 is 0. The molecule has 0 amide bonds. The summed E-state index contributed by atoms with van der Waals surface area (Å²) in [6, 6.07) is 10.8. The number of pyridine rings is 1. The van der Waals surface area contributed by atoms with E-state index in [2.05, 4.69) is 21.0 Å². The SMILES string of the molecule is Cc1cc2c(cn1)CC1(CCN(c3nc(C)c(-c4cccc(C#N)c4F)n4nccc34)CC1)[C@@H]2N.Cl. The molecule has 1 saturated heterocycles. The third-order valence-electron chi connectivity index (χ3n) is 7.83. The fraction of sp³-hybridized carbons (Fsp3) is 0.333. The number of aryl methyl sites for hydroxylation is 2. The molecule has 3 aromatic heterocycles. The van der Waals surface area contributed by atoms with Crippen molar-refractivity contribution in [2.45, 2.75) is 39.2 Å². The van der Waals surface area contributed by atoms with Gasteiger partial charge < -0.3 is 10.6 Å². The molecule has 4 aromatic rings. The highest BCUT2D eigenvalue weighted by Gasteiger charge is 2.46. The summed E-state index contributed by atoms with van der Waals surface area (Å²) in [4.78, 5) is 11.7. The van der Waals surface area contributed by atoms with Gasteiger partial charge in [-0.25, -0.2) is 13.9 Å². The number of aromatic nitrogens is 4. The van der Waals surface area contributed by atoms with Gasteiger partial charge >= 0.3 is 0 Å². The Labute approximate surface area is 215 Å². The van der Waals surface area contributed by atoms with Gasteiger partial charge in [0.25, 0.3) is 0 Å². The van der Waals surface area contributed by atoms with E-state index in [-0.39, 0.29) is 29.4 Å². The first-order valence-corrected chi connectivity index (χ1v) is 11.9. The molecule has 4 heterocycles. The quantitative estimate of drug-likeness (QED) is 0.426. The Bertz CT molecular complexity index is 1510. The maximum Gasteiger partial charge on any atom is 0.155 e. The summed E-state index contributed by atoms with van der Waals surface area (Å²) in [5.74, 6) is 0.293. The molecule has 1 aromatic carbocycles. The van der Waals surface area contributed by atoms with Gasteiger partial charge in [0, 0.05) is 36.6 Å². The van der Waals surface area contributed by atoms with Gasteiger partial charge in [-0.15, -0.1) is 12.4 Å². The second-order valence-electron chi connectivity index (χ2n) is 9.80. The summed E-state index contributed by atoms with van der Waals surface area (Å²) in [5.41, 5.74) is 12.7. The molecule has 6 rings (SSSR count). The van der Waals surface area contributed by atoms with Gasteiger partial charge in [-0.05, 0) is 73.9 Å². The molecular formula is C27H27ClFN7. The average Bonchev–Trinajstić information content (AvgIpc) is 3.44. The van der Waals surface area contributed by atoms with Crippen LogP contribution in [-0.2, 0) is 6.42 Å². The molecule has 0 saturated carbocycles. The summed E-state index contributed by atoms with van der Waals surface area (Å²) in [6.07, 6.45) is 6.59. The molecule has 2 N–H and O–H groups in total. The van der Waals surface area contributed by atoms with Gasteiger partial charge in [-0.3, -0.25) is 4.98 Å². The number of hydrogen-bond donors (Lipinski definition) is 1. The molecule has 0 radical (unpaired) electrons. The molecule has 36 heavy (non-hydrogen) atoms. The Hall–Kier alpha value is -3.54. The van der Waals surface area contributed by atoms with E-state index < -0.39 is 5.82 Å². The third kappa shape index (κ3) is 3.54. The minimum atomic E-state index is -0.552. The normalized spacial score (nSPS) is 18.2. The summed E-state index contributed by atoms with van der Waals surface area (Å²) in [7, 11) is 0. The number of nitrogens with two attached hydrogens (primary N) is 1. The number of piperidine rings is 1. The number of benzene rings is 1. The van der Waals surface area contributed by atoms with Crippen LogP contribution in [0.1, 0.15) is 47.0 Å². The number of anilines is 1. The van der Waals surface area contributed by atoms with Gasteiger partial charge in [-0.2, -0.15) is 10.4 Å². The molecule has 0 bridgehead atoms. The minimum absolute atomic E-state index is 0. The number of rotatable bonds is 2. The zero-order valence-corrected chi connectivity index (χ0v) is 21.0. The molecule has 2 aliphatic rings. The van der Waals surface area contributed by atoms with Crippen LogP contribution in [0.3, 0.4) is 0 Å². The van der Waals surface area contributed by atoms with E-state index in [0.29, 0.717) is 17.0 Å². The van der Waals surface area contributed by atoms with Crippen molar-refractivity contribution in [3.8, 4) is 17.3 Å². The van der Waals surface area contributed by atoms with Crippen LogP contribution >= 0.6 is 12.4 Å². The highest BCUT2D eigenvalue weighted by Crippen LogP contribution is 2.51. The van der Waals surface area contributed by atoms with Crippen LogP contribution in [0.4, 0.5) is 10.2 Å². The van der Waals surface area contributed by atoms with Crippen LogP contribution in [0.25, 0.3) is 16.8 Å². The lowest BCUT2D eigenvalue weighted by Gasteiger charge is -2.42. The van der Waals surface area contributed by atoms with E-state index in [9.17, 15) is 5.26 Å². The highest BCUT2D eigenvalue weighted by atomic mass is 35.5. The van der Waals surface area contributed by atoms with Crippen molar-refractivity contribution >= 4 is 23.7 Å². The molecule has 1 aliphatic carbocycles. The molecule has 1 aliphatic heterocycles. The fourth-order valence-electron chi connectivity index (χ4n) is 5.93. The molecule has 1 atom stereocenters. The topological polar surface area (TPSA) is 96.1 Å². The first kappa shape index (κ1) is 24.2. The molecule has 9 heteroatoms. The van der Waals surface area contributed by atoms with Crippen molar-refractivity contribution in [2.75, 3.05) is 18.0 Å². The van der Waals surface area contributed by atoms with Crippen molar-refractivity contribution < 1.29 is 4.39 Å². The summed E-state index contributed by atoms with van der Waals surface area (Å²) < 4.78 is 16.8. The van der Waals surface area contributed by atoms with Crippen molar-refractivity contribution in [1.29, 1.82) is 5.26 Å². The minimum Gasteiger partial charge on any atom is -0.355 e. The van der Waals surface area contributed by atoms with Crippen molar-refractivity contribution in [3.63, 3.8) is 0 Å². The van der Waals surface area contributed by atoms with E-state index >= 15 is 4.39 Å². The number of halogens is 2. The maximum absolute atomic E-state index is 15.1. The second kappa shape index (κ2) is 8.84. The van der Waals surface area contributed by atoms with E-state index in [1.165, 1.54) is 17.2 Å². The Kier molecular flexibility index (Phi) is 5.93. The van der Waals surface area contributed by atoms with Crippen molar-refractivity contribution in [2.24, 2.45) is 11.1 Å². The van der Waals surface area contributed by atoms with Crippen LogP contribution in [-0.4, -0.2) is 32.7 Å². The highest BCUT2D eigenvalue weighted by molar-refractivity contribution is 5.85. The van der Waals surface area contributed by atoms with Crippen LogP contribution in [0.5, 0.6) is 0 Å². The van der Waals surface area contributed by atoms with Crippen LogP contribution < -0.4 is 10.6 Å². The van der Waals surface area contributed by atoms with E-state index in [0.717, 1.165) is 49.4 Å². The Morgan fingerprint density at radius 1 is 1.19 bits per heavy atom. The standard InChI is InChI=1S/C27H26FN7.ClH/c1-16-12-21-19(15-31-16)13-27(25(21)30)7-10-34(11-8-27)26-22-6-9-32-35(22)24(17(2)33-26)20-5-3-4-18(14-29)23(20)28;/h3-6,9,12,15,25H,7-8,10-11,13,30H2,1-2H3;1H/t25-;/m1./s1. The first-order chi connectivity index (χ1) is 16.9. The summed E-state index contributed by atoms with van der Waals surface area (Å²) in [5, 5.41) is 13.8. The smallest absolute Gasteiger partial charge is 0.155 e. The number of nitrogens with zero attached hydrogens (tertiary/aromatic N) is 6. The van der Waals surface area contributed by atoms with Gasteiger partial charge in [-0.1, -0.05) is 6.07 Å². The number of fused-ring (bicyclic) bond motifs is 2. The second-order valence-corrected chi connectivity index (χ2v) is 9.80. The van der Waals surface area contributed by atoms with Crippen LogP contribution in [0.15, 0.2) is 42.7 Å². The van der Waals surface area contributed by atoms with Crippen LogP contribution in [0, 0.1) is 36.4 Å². The zero-order valence-electron chi connectivity index (χ0n) is 20.2. The number of nitriles is 1. The Balaban J connectivity index is 0.00000267. The van der Waals surface area contributed by atoms with Gasteiger partial charge in [0.15, 0.2) is 5.82 Å². The Morgan fingerprint density at radius 2 is 1.97 bits per heavy atom. The molecule has 1 spiro atoms. The lowest BCUT2D eigenvalue weighted by molar-refractivity contribution is 0.187. The van der Waals surface area contributed by atoms with E-state index in [1.54, 1.807) is 22.8 Å². The predicted octanol–water partition coefficient (Wildman–Crippen LogP) is 4.68. The van der Waals surface area contributed by atoms with E-state index in [1.807, 2.05) is 32.2 Å². The predicted molar refractivity (Wildman–Crippen MR) is 139 cm³/mol. The lowest BCUT2D eigenvalue weighted by atomic mass is 9.73. The molecule has 7 nitrogen and oxygen atoms in total. The maximum atomic E-state index is 15.1. The molecule has 184 valence electrons. The van der Waals surface area contributed by atoms with Gasteiger partial charge in [0.05, 0.1) is 23.1 Å². The molecule has 0 unspecified atom stereocenters. The van der Waals surface area contributed by atoms with Gasteiger partial charge in [0.1, 0.15) is 17.4 Å². The Morgan fingerprint density at radius 3 is 2.72 bits per heavy atom. The van der Waals surface area contributed by atoms with E-state index in [4.69, 9.17) is 10.7 Å². The summed E-state index contributed by atoms with van der Waals surface area (Å²) in [6.45, 7) is 5.54. The first-order valence-electron chi connectivity index (χ1n) is 11.9. The molecular weight excluding hydrogens is 477 g/mol. The van der Waals surface area contributed by atoms with Crippen LogP contribution in [0.2, 0.25) is 0 Å². The molecule has 1 fully saturated rings. The zero-order chi connectivity index (χ0) is 24.3. The monoisotopic (exact) mass is 503 g/mol. The fourth-order valence-corrected chi connectivity index (χ4v) is 5.93. The van der Waals surface area contributed by atoms with Crippen molar-refractivity contribution in [3.05, 3.63) is 76.6 Å². The van der Waals surface area contributed by atoms with Gasteiger partial charge in [0.2, 0.25) is 0 Å². The largest absolute Gasteiger partial charge is 0.355 e. The lowest BCUT2D eigenvalue weighted by Crippen LogP contribution is -2.44. The average molecular weight is 504 g/mol. The third-order valence-corrected chi connectivity index (χ3v) is 7.83.